The Kier molecular flexibility index (Phi) is 6.98. The highest BCUT2D eigenvalue weighted by molar-refractivity contribution is 6.26. The molecule has 13 aromatic rings. The summed E-state index contributed by atoms with van der Waals surface area (Å²) in [6.45, 7) is 0. The molecule has 0 N–H and O–H groups in total. The summed E-state index contributed by atoms with van der Waals surface area (Å²) >= 11 is 0. The van der Waals surface area contributed by atoms with Gasteiger partial charge in [-0.25, -0.2) is 15.0 Å². The number of hydrogen-bond acceptors (Lipinski definition) is 4. The predicted molar refractivity (Wildman–Crippen MR) is 251 cm³/mol. The Morgan fingerprint density at radius 3 is 1.68 bits per heavy atom. The summed E-state index contributed by atoms with van der Waals surface area (Å²) in [7, 11) is 0. The van der Waals surface area contributed by atoms with E-state index in [9.17, 15) is 0 Å². The van der Waals surface area contributed by atoms with Crippen LogP contribution in [0.5, 0.6) is 0 Å². The van der Waals surface area contributed by atoms with Gasteiger partial charge in [0.25, 0.3) is 0 Å². The molecule has 4 aromatic heterocycles. The van der Waals surface area contributed by atoms with Crippen LogP contribution in [0.3, 0.4) is 0 Å². The minimum atomic E-state index is 0.926. The van der Waals surface area contributed by atoms with Crippen LogP contribution in [0, 0.1) is 0 Å². The molecule has 0 saturated heterocycles. The van der Waals surface area contributed by atoms with Crippen molar-refractivity contribution in [1.82, 2.24) is 19.9 Å². The molecule has 4 heteroatoms. The van der Waals surface area contributed by atoms with Crippen molar-refractivity contribution in [2.45, 2.75) is 0 Å². The molecule has 0 bridgehead atoms. The molecule has 276 valence electrons. The third-order valence-corrected chi connectivity index (χ3v) is 12.4. The Morgan fingerprint density at radius 1 is 0.283 bits per heavy atom. The van der Waals surface area contributed by atoms with E-state index < -0.39 is 0 Å². The van der Waals surface area contributed by atoms with Crippen molar-refractivity contribution in [3.63, 3.8) is 0 Å². The van der Waals surface area contributed by atoms with Gasteiger partial charge in [0, 0.05) is 44.4 Å². The smallest absolute Gasteiger partial charge is 0.0972 e. The molecule has 0 fully saturated rings. The number of fused-ring (bicyclic) bond motifs is 6. The largest absolute Gasteiger partial charge is 0.254 e. The van der Waals surface area contributed by atoms with Crippen LogP contribution in [0.4, 0.5) is 0 Å². The molecule has 0 amide bonds. The first-order chi connectivity index (χ1) is 29.7. The highest BCUT2D eigenvalue weighted by Crippen LogP contribution is 2.40. The van der Waals surface area contributed by atoms with Gasteiger partial charge in [0.2, 0.25) is 0 Å². The van der Waals surface area contributed by atoms with E-state index in [1.54, 1.807) is 0 Å². The minimum Gasteiger partial charge on any atom is -0.254 e. The van der Waals surface area contributed by atoms with Crippen molar-refractivity contribution in [1.29, 1.82) is 0 Å². The van der Waals surface area contributed by atoms with Crippen LogP contribution in [0.15, 0.2) is 194 Å². The van der Waals surface area contributed by atoms with Crippen molar-refractivity contribution >= 4 is 86.7 Å². The van der Waals surface area contributed by atoms with Crippen LogP contribution in [0.25, 0.3) is 132 Å². The molecule has 13 rings (SSSR count). The van der Waals surface area contributed by atoms with Gasteiger partial charge in [-0.15, -0.1) is 0 Å². The lowest BCUT2D eigenvalue weighted by Crippen LogP contribution is -1.91. The average Bonchev–Trinajstić information content (AvgIpc) is 3.32. The first-order valence-corrected chi connectivity index (χ1v) is 20.3. The molecule has 4 heterocycles. The summed E-state index contributed by atoms with van der Waals surface area (Å²) in [6, 6.07) is 67.4. The lowest BCUT2D eigenvalue weighted by atomic mass is 9.90. The molecule has 0 atom stereocenters. The zero-order chi connectivity index (χ0) is 39.3. The van der Waals surface area contributed by atoms with Crippen LogP contribution < -0.4 is 0 Å². The van der Waals surface area contributed by atoms with E-state index >= 15 is 0 Å². The standard InChI is InChI=1S/C56H32N4/c1-4-34-10-11-35-5-2-8-46-47(31-45(6-1)53(34)54(35)46)51-26-22-44-30-40(21-25-48(44)58-51)41-14-9-33-19-23-49(59-52(33)32-41)42-17-15-39-29-43(18-16-38(39)28-42)50-24-20-37-13-12-36-7-3-27-57-55(36)56(37)60-50/h1-32H. The normalized spacial score (nSPS) is 12.0. The third-order valence-electron chi connectivity index (χ3n) is 12.4. The summed E-state index contributed by atoms with van der Waals surface area (Å²) in [5.74, 6) is 0. The Morgan fingerprint density at radius 2 is 0.833 bits per heavy atom. The lowest BCUT2D eigenvalue weighted by Gasteiger charge is -2.15. The monoisotopic (exact) mass is 760 g/mol. The predicted octanol–water partition coefficient (Wildman–Crippen LogP) is 14.6. The first-order valence-electron chi connectivity index (χ1n) is 20.3. The molecular weight excluding hydrogens is 729 g/mol. The van der Waals surface area contributed by atoms with Gasteiger partial charge in [-0.1, -0.05) is 127 Å². The molecule has 0 unspecified atom stereocenters. The van der Waals surface area contributed by atoms with Gasteiger partial charge in [0.05, 0.1) is 39.1 Å². The maximum atomic E-state index is 5.23. The molecule has 4 nitrogen and oxygen atoms in total. The first kappa shape index (κ1) is 32.9. The summed E-state index contributed by atoms with van der Waals surface area (Å²) < 4.78 is 0. The number of benzene rings is 9. The van der Waals surface area contributed by atoms with Crippen LogP contribution in [-0.2, 0) is 0 Å². The summed E-state index contributed by atoms with van der Waals surface area (Å²) in [5.41, 5.74) is 12.3. The molecule has 0 saturated carbocycles. The topological polar surface area (TPSA) is 51.6 Å². The second-order valence-corrected chi connectivity index (χ2v) is 15.9. The van der Waals surface area contributed by atoms with E-state index in [1.165, 1.54) is 32.3 Å². The number of hydrogen-bond donors (Lipinski definition) is 0. The van der Waals surface area contributed by atoms with Gasteiger partial charge in [-0.05, 0) is 115 Å². The van der Waals surface area contributed by atoms with Gasteiger partial charge in [-0.3, -0.25) is 4.98 Å². The van der Waals surface area contributed by atoms with Gasteiger partial charge >= 0.3 is 0 Å². The summed E-state index contributed by atoms with van der Waals surface area (Å²) in [6.07, 6.45) is 1.83. The highest BCUT2D eigenvalue weighted by Gasteiger charge is 2.15. The van der Waals surface area contributed by atoms with Gasteiger partial charge in [0.1, 0.15) is 0 Å². The molecular formula is C56H32N4. The van der Waals surface area contributed by atoms with Crippen molar-refractivity contribution in [2.75, 3.05) is 0 Å². The maximum Gasteiger partial charge on any atom is 0.0972 e. The van der Waals surface area contributed by atoms with Crippen LogP contribution in [0.1, 0.15) is 0 Å². The van der Waals surface area contributed by atoms with Crippen LogP contribution in [-0.4, -0.2) is 19.9 Å². The molecule has 60 heavy (non-hydrogen) atoms. The fraction of sp³-hybridized carbons (Fsp3) is 0. The Balaban J connectivity index is 0.819. The highest BCUT2D eigenvalue weighted by atomic mass is 14.8. The Bertz CT molecular complexity index is 3910. The molecule has 0 aliphatic carbocycles. The van der Waals surface area contributed by atoms with Crippen LogP contribution >= 0.6 is 0 Å². The van der Waals surface area contributed by atoms with E-state index in [0.717, 1.165) is 99.3 Å². The fourth-order valence-electron chi connectivity index (χ4n) is 9.34. The number of aromatic nitrogens is 4. The Hall–Kier alpha value is -8.08. The second-order valence-electron chi connectivity index (χ2n) is 15.9. The molecule has 0 radical (unpaired) electrons. The van der Waals surface area contributed by atoms with Gasteiger partial charge in [-0.2, -0.15) is 0 Å². The molecule has 0 aliphatic rings. The quantitative estimate of drug-likeness (QED) is 0.168. The summed E-state index contributed by atoms with van der Waals surface area (Å²) in [5, 5.41) is 14.4. The third kappa shape index (κ3) is 5.18. The van der Waals surface area contributed by atoms with Crippen LogP contribution in [0.2, 0.25) is 0 Å². The zero-order valence-electron chi connectivity index (χ0n) is 32.3. The molecule has 0 aliphatic heterocycles. The van der Waals surface area contributed by atoms with Gasteiger partial charge in [0.15, 0.2) is 0 Å². The summed E-state index contributed by atoms with van der Waals surface area (Å²) in [4.78, 5) is 20.1. The van der Waals surface area contributed by atoms with E-state index in [-0.39, 0.29) is 0 Å². The molecule has 0 spiro atoms. The van der Waals surface area contributed by atoms with Crippen molar-refractivity contribution in [3.05, 3.63) is 194 Å². The number of pyridine rings is 4. The zero-order valence-corrected chi connectivity index (χ0v) is 32.3. The number of nitrogens with zero attached hydrogens (tertiary/aromatic N) is 4. The van der Waals surface area contributed by atoms with E-state index in [4.69, 9.17) is 15.0 Å². The van der Waals surface area contributed by atoms with Crippen molar-refractivity contribution in [3.8, 4) is 44.9 Å². The Labute approximate surface area is 344 Å². The van der Waals surface area contributed by atoms with Crippen molar-refractivity contribution in [2.24, 2.45) is 0 Å². The van der Waals surface area contributed by atoms with Gasteiger partial charge < -0.3 is 0 Å². The fourth-order valence-corrected chi connectivity index (χ4v) is 9.34. The van der Waals surface area contributed by atoms with E-state index in [2.05, 4.69) is 187 Å². The maximum absolute atomic E-state index is 5.23. The molecule has 9 aromatic carbocycles. The van der Waals surface area contributed by atoms with E-state index in [1.807, 2.05) is 12.3 Å². The lowest BCUT2D eigenvalue weighted by molar-refractivity contribution is 1.37. The second kappa shape index (κ2) is 12.7. The SMILES string of the molecule is c1cnc2c(c1)ccc1ccc(-c3ccc4cc(-c5ccc6ccc(-c7ccc8nc(-c9cc%10cccc%11ccc%12cccc9c%12c%11%10)ccc8c7)cc6n5)ccc4c3)nc12. The van der Waals surface area contributed by atoms with Crippen molar-refractivity contribution < 1.29 is 0 Å². The van der Waals surface area contributed by atoms with E-state index in [0.29, 0.717) is 0 Å². The average molecular weight is 761 g/mol. The number of rotatable bonds is 4. The minimum absolute atomic E-state index is 0.926.